The van der Waals surface area contributed by atoms with Gasteiger partial charge in [-0.05, 0) is 50.0 Å². The molecule has 1 aliphatic carbocycles. The molecule has 1 aromatic rings. The summed E-state index contributed by atoms with van der Waals surface area (Å²) in [6.07, 6.45) is 4.35. The Morgan fingerprint density at radius 3 is 2.70 bits per heavy atom. The lowest BCUT2D eigenvalue weighted by Crippen LogP contribution is -2.38. The van der Waals surface area contributed by atoms with Gasteiger partial charge in [0, 0.05) is 10.9 Å². The summed E-state index contributed by atoms with van der Waals surface area (Å²) in [6.45, 7) is 6.69. The van der Waals surface area contributed by atoms with E-state index in [1.165, 1.54) is 11.3 Å². The minimum atomic E-state index is -0.221. The maximum atomic E-state index is 12.7. The Bertz CT molecular complexity index is 479. The zero-order valence-electron chi connectivity index (χ0n) is 12.6. The van der Waals surface area contributed by atoms with Gasteiger partial charge in [-0.15, -0.1) is 11.3 Å². The van der Waals surface area contributed by atoms with Crippen LogP contribution in [-0.2, 0) is 4.79 Å². The van der Waals surface area contributed by atoms with Crippen molar-refractivity contribution >= 4 is 17.2 Å². The Morgan fingerprint density at radius 1 is 1.40 bits per heavy atom. The molecule has 1 saturated carbocycles. The first-order valence-electron chi connectivity index (χ1n) is 7.67. The van der Waals surface area contributed by atoms with E-state index in [1.807, 2.05) is 0 Å². The summed E-state index contributed by atoms with van der Waals surface area (Å²) in [6, 6.07) is 4.52. The highest BCUT2D eigenvalue weighted by Gasteiger charge is 2.60. The third-order valence-corrected chi connectivity index (χ3v) is 5.46. The molecular formula is C16H24N2OS. The van der Waals surface area contributed by atoms with Crippen LogP contribution in [0, 0.1) is 5.92 Å². The van der Waals surface area contributed by atoms with Crippen LogP contribution < -0.4 is 5.32 Å². The predicted octanol–water partition coefficient (Wildman–Crippen LogP) is 3.54. The molecule has 4 heteroatoms. The lowest BCUT2D eigenvalue weighted by atomic mass is 10.0. The van der Waals surface area contributed by atoms with E-state index in [4.69, 9.17) is 0 Å². The van der Waals surface area contributed by atoms with E-state index in [-0.39, 0.29) is 11.7 Å². The van der Waals surface area contributed by atoms with E-state index in [1.54, 1.807) is 11.3 Å². The van der Waals surface area contributed by atoms with Crippen molar-refractivity contribution in [2.24, 2.45) is 5.92 Å². The van der Waals surface area contributed by atoms with E-state index in [9.17, 15) is 4.79 Å². The van der Waals surface area contributed by atoms with Gasteiger partial charge in [-0.2, -0.15) is 0 Å². The SMILES string of the molecule is CC(C)CCC(C)N1C(=O)C2(CC2)NC1c1cccs1. The number of hydrogen-bond acceptors (Lipinski definition) is 3. The van der Waals surface area contributed by atoms with Crippen molar-refractivity contribution in [1.82, 2.24) is 10.2 Å². The second-order valence-corrected chi connectivity index (χ2v) is 7.66. The Hall–Kier alpha value is -0.870. The molecule has 110 valence electrons. The van der Waals surface area contributed by atoms with E-state index in [0.717, 1.165) is 19.3 Å². The molecule has 1 amide bonds. The fraction of sp³-hybridized carbons (Fsp3) is 0.688. The number of carbonyl (C=O) groups is 1. The van der Waals surface area contributed by atoms with Crippen molar-refractivity contribution < 1.29 is 4.79 Å². The van der Waals surface area contributed by atoms with Gasteiger partial charge in [-0.25, -0.2) is 0 Å². The number of amides is 1. The quantitative estimate of drug-likeness (QED) is 0.900. The second kappa shape index (κ2) is 5.15. The Morgan fingerprint density at radius 2 is 2.15 bits per heavy atom. The monoisotopic (exact) mass is 292 g/mol. The minimum Gasteiger partial charge on any atom is -0.318 e. The summed E-state index contributed by atoms with van der Waals surface area (Å²) in [5.74, 6) is 1.02. The molecule has 0 bridgehead atoms. The van der Waals surface area contributed by atoms with Crippen LogP contribution in [0.3, 0.4) is 0 Å². The fourth-order valence-electron chi connectivity index (χ4n) is 3.06. The largest absolute Gasteiger partial charge is 0.318 e. The Kier molecular flexibility index (Phi) is 3.63. The number of nitrogens with one attached hydrogen (secondary N) is 1. The van der Waals surface area contributed by atoms with Crippen LogP contribution >= 0.6 is 11.3 Å². The minimum absolute atomic E-state index is 0.0900. The number of nitrogens with zero attached hydrogens (tertiary/aromatic N) is 1. The molecule has 0 radical (unpaired) electrons. The molecule has 1 aliphatic heterocycles. The number of carbonyl (C=O) groups excluding carboxylic acids is 1. The van der Waals surface area contributed by atoms with Gasteiger partial charge < -0.3 is 4.90 Å². The average molecular weight is 292 g/mol. The summed E-state index contributed by atoms with van der Waals surface area (Å²) in [5, 5.41) is 5.69. The van der Waals surface area contributed by atoms with E-state index in [0.29, 0.717) is 17.9 Å². The molecule has 1 aromatic heterocycles. The molecule has 20 heavy (non-hydrogen) atoms. The summed E-state index contributed by atoms with van der Waals surface area (Å²) in [5.41, 5.74) is -0.221. The maximum Gasteiger partial charge on any atom is 0.244 e. The van der Waals surface area contributed by atoms with Crippen LogP contribution in [0.15, 0.2) is 17.5 Å². The van der Waals surface area contributed by atoms with Gasteiger partial charge in [0.15, 0.2) is 0 Å². The zero-order chi connectivity index (χ0) is 14.3. The van der Waals surface area contributed by atoms with Crippen LogP contribution in [0.1, 0.15) is 57.5 Å². The summed E-state index contributed by atoms with van der Waals surface area (Å²) in [4.78, 5) is 16.1. The topological polar surface area (TPSA) is 32.3 Å². The molecule has 3 rings (SSSR count). The second-order valence-electron chi connectivity index (χ2n) is 6.68. The Labute approximate surface area is 125 Å². The van der Waals surface area contributed by atoms with Crippen LogP contribution in [0.2, 0.25) is 0 Å². The van der Waals surface area contributed by atoms with Gasteiger partial charge in [0.25, 0.3) is 0 Å². The smallest absolute Gasteiger partial charge is 0.244 e. The predicted molar refractivity (Wildman–Crippen MR) is 82.5 cm³/mol. The van der Waals surface area contributed by atoms with E-state index in [2.05, 4.69) is 48.5 Å². The van der Waals surface area contributed by atoms with Gasteiger partial charge >= 0.3 is 0 Å². The van der Waals surface area contributed by atoms with Crippen molar-refractivity contribution in [3.05, 3.63) is 22.4 Å². The first-order valence-corrected chi connectivity index (χ1v) is 8.55. The van der Waals surface area contributed by atoms with Gasteiger partial charge in [-0.3, -0.25) is 10.1 Å². The van der Waals surface area contributed by atoms with Crippen LogP contribution in [-0.4, -0.2) is 22.4 Å². The zero-order valence-corrected chi connectivity index (χ0v) is 13.4. The van der Waals surface area contributed by atoms with E-state index >= 15 is 0 Å². The van der Waals surface area contributed by atoms with Crippen molar-refractivity contribution in [2.45, 2.75) is 64.2 Å². The number of rotatable bonds is 5. The van der Waals surface area contributed by atoms with Gasteiger partial charge in [0.1, 0.15) is 11.7 Å². The molecule has 0 aromatic carbocycles. The molecule has 2 unspecified atom stereocenters. The highest BCUT2D eigenvalue weighted by molar-refractivity contribution is 7.10. The molecule has 1 spiro atoms. The third-order valence-electron chi connectivity index (χ3n) is 4.53. The van der Waals surface area contributed by atoms with Crippen molar-refractivity contribution in [3.63, 3.8) is 0 Å². The average Bonchev–Trinajstić information content (AvgIpc) is 2.87. The van der Waals surface area contributed by atoms with Gasteiger partial charge in [0.2, 0.25) is 5.91 Å². The summed E-state index contributed by atoms with van der Waals surface area (Å²) < 4.78 is 0. The van der Waals surface area contributed by atoms with Crippen molar-refractivity contribution in [2.75, 3.05) is 0 Å². The van der Waals surface area contributed by atoms with Crippen LogP contribution in [0.5, 0.6) is 0 Å². The van der Waals surface area contributed by atoms with E-state index < -0.39 is 0 Å². The maximum absolute atomic E-state index is 12.7. The standard InChI is InChI=1S/C16H24N2OS/c1-11(2)6-7-12(3)18-14(13-5-4-10-20-13)17-16(8-9-16)15(18)19/h4-5,10-12,14,17H,6-9H2,1-3H3. The molecule has 2 atom stereocenters. The molecule has 2 heterocycles. The summed E-state index contributed by atoms with van der Waals surface area (Å²) >= 11 is 1.74. The first-order chi connectivity index (χ1) is 9.53. The molecule has 1 N–H and O–H groups in total. The van der Waals surface area contributed by atoms with Gasteiger partial charge in [0.05, 0.1) is 0 Å². The molecule has 2 aliphatic rings. The normalized spacial score (nSPS) is 25.7. The first kappa shape index (κ1) is 14.1. The molecular weight excluding hydrogens is 268 g/mol. The third kappa shape index (κ3) is 2.40. The van der Waals surface area contributed by atoms with Crippen molar-refractivity contribution in [3.8, 4) is 0 Å². The summed E-state index contributed by atoms with van der Waals surface area (Å²) in [7, 11) is 0. The molecule has 2 fully saturated rings. The highest BCUT2D eigenvalue weighted by Crippen LogP contribution is 2.47. The lowest BCUT2D eigenvalue weighted by molar-refractivity contribution is -0.132. The highest BCUT2D eigenvalue weighted by atomic mass is 32.1. The van der Waals surface area contributed by atoms with Gasteiger partial charge in [-0.1, -0.05) is 19.9 Å². The lowest BCUT2D eigenvalue weighted by Gasteiger charge is -2.30. The van der Waals surface area contributed by atoms with Crippen molar-refractivity contribution in [1.29, 1.82) is 0 Å². The number of hydrogen-bond donors (Lipinski definition) is 1. The Balaban J connectivity index is 1.79. The van der Waals surface area contributed by atoms with Crippen LogP contribution in [0.4, 0.5) is 0 Å². The fourth-order valence-corrected chi connectivity index (χ4v) is 3.84. The van der Waals surface area contributed by atoms with Crippen LogP contribution in [0.25, 0.3) is 0 Å². The molecule has 3 nitrogen and oxygen atoms in total. The number of thiophene rings is 1. The molecule has 1 saturated heterocycles.